The summed E-state index contributed by atoms with van der Waals surface area (Å²) in [4.78, 5) is 8.77. The Hall–Kier alpha value is -1.03. The molecule has 0 aromatic carbocycles. The highest BCUT2D eigenvalue weighted by molar-refractivity contribution is 5.72. The molecule has 0 fully saturated rings. The summed E-state index contributed by atoms with van der Waals surface area (Å²) < 4.78 is 0. The SMILES string of the molecule is C=CNC/N=C(/C)ONC. The summed E-state index contributed by atoms with van der Waals surface area (Å²) in [7, 11) is 1.68. The molecule has 0 saturated heterocycles. The van der Waals surface area contributed by atoms with E-state index in [9.17, 15) is 0 Å². The van der Waals surface area contributed by atoms with Crippen LogP contribution >= 0.6 is 0 Å². The van der Waals surface area contributed by atoms with Crippen LogP contribution < -0.4 is 10.8 Å². The quantitative estimate of drug-likeness (QED) is 0.256. The van der Waals surface area contributed by atoms with E-state index >= 15 is 0 Å². The minimum atomic E-state index is 0.497. The van der Waals surface area contributed by atoms with Crippen LogP contribution in [0.4, 0.5) is 0 Å². The third-order valence-electron chi connectivity index (χ3n) is 0.787. The topological polar surface area (TPSA) is 45.7 Å². The molecule has 4 nitrogen and oxygen atoms in total. The van der Waals surface area contributed by atoms with Crippen molar-refractivity contribution in [3.8, 4) is 0 Å². The van der Waals surface area contributed by atoms with Crippen LogP contribution in [-0.2, 0) is 4.84 Å². The van der Waals surface area contributed by atoms with Gasteiger partial charge in [-0.15, -0.1) is 0 Å². The van der Waals surface area contributed by atoms with Gasteiger partial charge in [-0.25, -0.2) is 4.99 Å². The molecule has 0 aliphatic carbocycles. The Labute approximate surface area is 60.9 Å². The molecule has 0 bridgehead atoms. The maximum atomic E-state index is 4.81. The zero-order valence-electron chi connectivity index (χ0n) is 6.35. The summed E-state index contributed by atoms with van der Waals surface area (Å²) >= 11 is 0. The Morgan fingerprint density at radius 1 is 1.80 bits per heavy atom. The zero-order chi connectivity index (χ0) is 7.82. The summed E-state index contributed by atoms with van der Waals surface area (Å²) in [5.74, 6) is 0.594. The number of hydrogen-bond acceptors (Lipinski definition) is 4. The molecule has 0 aromatic rings. The zero-order valence-corrected chi connectivity index (χ0v) is 6.35. The van der Waals surface area contributed by atoms with Gasteiger partial charge >= 0.3 is 0 Å². The smallest absolute Gasteiger partial charge is 0.207 e. The lowest BCUT2D eigenvalue weighted by atomic mass is 10.8. The molecule has 0 unspecified atom stereocenters. The van der Waals surface area contributed by atoms with Gasteiger partial charge in [0.05, 0.1) is 0 Å². The Kier molecular flexibility index (Phi) is 5.47. The van der Waals surface area contributed by atoms with Crippen LogP contribution in [0.3, 0.4) is 0 Å². The van der Waals surface area contributed by atoms with Gasteiger partial charge in [-0.05, 0) is 6.20 Å². The van der Waals surface area contributed by atoms with Crippen LogP contribution in [0.5, 0.6) is 0 Å². The predicted octanol–water partition coefficient (Wildman–Crippen LogP) is 0.246. The molecule has 0 heterocycles. The van der Waals surface area contributed by atoms with E-state index in [1.807, 2.05) is 0 Å². The van der Waals surface area contributed by atoms with Gasteiger partial charge in [-0.1, -0.05) is 6.58 Å². The lowest BCUT2D eigenvalue weighted by Gasteiger charge is -2.00. The predicted molar refractivity (Wildman–Crippen MR) is 41.5 cm³/mol. The molecule has 0 aliphatic heterocycles. The minimum absolute atomic E-state index is 0.497. The van der Waals surface area contributed by atoms with E-state index in [1.54, 1.807) is 20.2 Å². The molecule has 2 N–H and O–H groups in total. The molecule has 0 atom stereocenters. The highest BCUT2D eigenvalue weighted by Crippen LogP contribution is 1.74. The molecule has 0 spiro atoms. The number of rotatable bonds is 4. The first kappa shape index (κ1) is 8.97. The fraction of sp³-hybridized carbons (Fsp3) is 0.500. The molecule has 10 heavy (non-hydrogen) atoms. The van der Waals surface area contributed by atoms with Crippen LogP contribution in [0.1, 0.15) is 6.92 Å². The highest BCUT2D eigenvalue weighted by atomic mass is 16.6. The lowest BCUT2D eigenvalue weighted by molar-refractivity contribution is 0.206. The Balaban J connectivity index is 3.36. The minimum Gasteiger partial charge on any atom is -0.394 e. The van der Waals surface area contributed by atoms with E-state index in [0.717, 1.165) is 0 Å². The molecule has 0 amide bonds. The lowest BCUT2D eigenvalue weighted by Crippen LogP contribution is -2.14. The number of aliphatic imine (C=N–C) groups is 1. The molecule has 0 aliphatic rings. The van der Waals surface area contributed by atoms with E-state index < -0.39 is 0 Å². The van der Waals surface area contributed by atoms with Crippen LogP contribution in [0.2, 0.25) is 0 Å². The summed E-state index contributed by atoms with van der Waals surface area (Å²) in [6, 6.07) is 0. The van der Waals surface area contributed by atoms with Gasteiger partial charge in [0.25, 0.3) is 0 Å². The second kappa shape index (κ2) is 6.10. The van der Waals surface area contributed by atoms with Crippen molar-refractivity contribution in [2.24, 2.45) is 4.99 Å². The van der Waals surface area contributed by atoms with Gasteiger partial charge in [-0.3, -0.25) is 0 Å². The van der Waals surface area contributed by atoms with Gasteiger partial charge in [-0.2, -0.15) is 5.48 Å². The van der Waals surface area contributed by atoms with Crippen LogP contribution in [0.15, 0.2) is 17.8 Å². The average molecular weight is 143 g/mol. The van der Waals surface area contributed by atoms with E-state index in [4.69, 9.17) is 4.84 Å². The fourth-order valence-electron chi connectivity index (χ4n) is 0.402. The van der Waals surface area contributed by atoms with Gasteiger partial charge in [0.15, 0.2) is 0 Å². The number of nitrogens with zero attached hydrogens (tertiary/aromatic N) is 1. The van der Waals surface area contributed by atoms with Crippen molar-refractivity contribution in [1.29, 1.82) is 0 Å². The average Bonchev–Trinajstić information content (AvgIpc) is 1.89. The number of hydroxylamine groups is 1. The maximum absolute atomic E-state index is 4.81. The Morgan fingerprint density at radius 3 is 3.00 bits per heavy atom. The van der Waals surface area contributed by atoms with Crippen LogP contribution in [-0.4, -0.2) is 19.6 Å². The maximum Gasteiger partial charge on any atom is 0.207 e. The molecular weight excluding hydrogens is 130 g/mol. The van der Waals surface area contributed by atoms with Gasteiger partial charge in [0.1, 0.15) is 6.67 Å². The first-order valence-electron chi connectivity index (χ1n) is 3.00. The largest absolute Gasteiger partial charge is 0.394 e. The molecule has 0 aromatic heterocycles. The fourth-order valence-corrected chi connectivity index (χ4v) is 0.402. The molecular formula is C6H13N3O. The first-order chi connectivity index (χ1) is 4.81. The van der Waals surface area contributed by atoms with Crippen molar-refractivity contribution in [2.45, 2.75) is 6.92 Å². The second-order valence-electron chi connectivity index (χ2n) is 1.55. The third-order valence-corrected chi connectivity index (χ3v) is 0.787. The third kappa shape index (κ3) is 5.11. The van der Waals surface area contributed by atoms with Gasteiger partial charge in [0, 0.05) is 14.0 Å². The van der Waals surface area contributed by atoms with Gasteiger partial charge in [0.2, 0.25) is 5.90 Å². The van der Waals surface area contributed by atoms with E-state index in [0.29, 0.717) is 12.6 Å². The van der Waals surface area contributed by atoms with Crippen LogP contribution in [0, 0.1) is 0 Å². The van der Waals surface area contributed by atoms with Crippen molar-refractivity contribution < 1.29 is 4.84 Å². The normalized spacial score (nSPS) is 10.8. The van der Waals surface area contributed by atoms with E-state index in [-0.39, 0.29) is 0 Å². The van der Waals surface area contributed by atoms with Crippen molar-refractivity contribution in [2.75, 3.05) is 13.7 Å². The monoisotopic (exact) mass is 143 g/mol. The van der Waals surface area contributed by atoms with Crippen molar-refractivity contribution >= 4 is 5.90 Å². The molecule has 0 rings (SSSR count). The van der Waals surface area contributed by atoms with Crippen molar-refractivity contribution in [1.82, 2.24) is 10.8 Å². The molecule has 4 heteroatoms. The molecule has 0 saturated carbocycles. The van der Waals surface area contributed by atoms with E-state index in [2.05, 4.69) is 22.4 Å². The number of nitrogens with one attached hydrogen (secondary N) is 2. The molecule has 0 radical (unpaired) electrons. The van der Waals surface area contributed by atoms with Crippen LogP contribution in [0.25, 0.3) is 0 Å². The summed E-state index contributed by atoms with van der Waals surface area (Å²) in [5, 5.41) is 2.81. The molecule has 58 valence electrons. The summed E-state index contributed by atoms with van der Waals surface area (Å²) in [6.07, 6.45) is 1.58. The first-order valence-corrected chi connectivity index (χ1v) is 3.00. The van der Waals surface area contributed by atoms with Crippen molar-refractivity contribution in [3.63, 3.8) is 0 Å². The summed E-state index contributed by atoms with van der Waals surface area (Å²) in [5.41, 5.74) is 2.51. The van der Waals surface area contributed by atoms with Gasteiger partial charge < -0.3 is 10.2 Å². The second-order valence-corrected chi connectivity index (χ2v) is 1.55. The Bertz CT molecular complexity index is 122. The summed E-state index contributed by atoms with van der Waals surface area (Å²) in [6.45, 7) is 5.73. The standard InChI is InChI=1S/C6H13N3O/c1-4-8-5-9-6(2)10-7-3/h4,7-8H,1,5H2,2-3H3/b9-6-. The van der Waals surface area contributed by atoms with Crippen molar-refractivity contribution in [3.05, 3.63) is 12.8 Å². The Morgan fingerprint density at radius 2 is 2.50 bits per heavy atom. The van der Waals surface area contributed by atoms with E-state index in [1.165, 1.54) is 0 Å². The number of hydrogen-bond donors (Lipinski definition) is 2. The highest BCUT2D eigenvalue weighted by Gasteiger charge is 1.84.